The van der Waals surface area contributed by atoms with Crippen molar-refractivity contribution in [3.63, 3.8) is 0 Å². The van der Waals surface area contributed by atoms with E-state index in [1.807, 2.05) is 20.8 Å². The molecule has 0 radical (unpaired) electrons. The number of hydrogen-bond donors (Lipinski definition) is 2. The van der Waals surface area contributed by atoms with Gasteiger partial charge >= 0.3 is 6.61 Å². The molecule has 38 heavy (non-hydrogen) atoms. The molecule has 9 heteroatoms. The molecule has 1 aliphatic heterocycles. The lowest BCUT2D eigenvalue weighted by atomic mass is 9.95. The standard InChI is InChI=1S/C29H37F2N3O4/c1-29(2,3)27(36)33-22-12-10-21(11-13-22)32-26(35)23-6-4-5-15-34(23)17-20-9-14-24(38-28(30)31)25(16-20)37-18-19-7-8-19/h9-14,16,19,23,28H,4-8,15,17-18H2,1-3H3,(H,32,35)(H,33,36). The summed E-state index contributed by atoms with van der Waals surface area (Å²) in [6.07, 6.45) is 4.82. The number of carbonyl (C=O) groups is 2. The van der Waals surface area contributed by atoms with Gasteiger partial charge in [0.2, 0.25) is 11.8 Å². The summed E-state index contributed by atoms with van der Waals surface area (Å²) in [4.78, 5) is 27.6. The molecule has 1 atom stereocenters. The third kappa shape index (κ3) is 7.90. The predicted molar refractivity (Wildman–Crippen MR) is 142 cm³/mol. The van der Waals surface area contributed by atoms with Crippen LogP contribution in [-0.2, 0) is 16.1 Å². The third-order valence-corrected chi connectivity index (χ3v) is 6.79. The SMILES string of the molecule is CC(C)(C)C(=O)Nc1ccc(NC(=O)C2CCCCN2Cc2ccc(OC(F)F)c(OCC3CC3)c2)cc1. The van der Waals surface area contributed by atoms with E-state index in [9.17, 15) is 18.4 Å². The van der Waals surface area contributed by atoms with E-state index in [2.05, 4.69) is 20.3 Å². The Kier molecular flexibility index (Phi) is 8.87. The molecule has 7 nitrogen and oxygen atoms in total. The van der Waals surface area contributed by atoms with Crippen molar-refractivity contribution >= 4 is 23.2 Å². The van der Waals surface area contributed by atoms with Gasteiger partial charge in [-0.2, -0.15) is 8.78 Å². The van der Waals surface area contributed by atoms with Gasteiger partial charge in [0.1, 0.15) is 0 Å². The molecular weight excluding hydrogens is 492 g/mol. The van der Waals surface area contributed by atoms with E-state index in [-0.39, 0.29) is 23.6 Å². The Morgan fingerprint density at radius 2 is 1.66 bits per heavy atom. The Hall–Kier alpha value is -3.20. The van der Waals surface area contributed by atoms with Crippen molar-refractivity contribution in [2.45, 2.75) is 72.1 Å². The van der Waals surface area contributed by atoms with Gasteiger partial charge in [0.05, 0.1) is 12.6 Å². The minimum Gasteiger partial charge on any atom is -0.489 e. The van der Waals surface area contributed by atoms with Crippen LogP contribution in [0.2, 0.25) is 0 Å². The number of nitrogens with zero attached hydrogens (tertiary/aromatic N) is 1. The van der Waals surface area contributed by atoms with Gasteiger partial charge in [-0.15, -0.1) is 0 Å². The van der Waals surface area contributed by atoms with Crippen LogP contribution >= 0.6 is 0 Å². The fraction of sp³-hybridized carbons (Fsp3) is 0.517. The van der Waals surface area contributed by atoms with Crippen LogP contribution in [0.15, 0.2) is 42.5 Å². The normalized spacial score (nSPS) is 18.2. The van der Waals surface area contributed by atoms with Crippen LogP contribution in [0.5, 0.6) is 11.5 Å². The number of nitrogens with one attached hydrogen (secondary N) is 2. The summed E-state index contributed by atoms with van der Waals surface area (Å²) in [5.41, 5.74) is 1.69. The minimum absolute atomic E-state index is 0.0273. The summed E-state index contributed by atoms with van der Waals surface area (Å²) in [7, 11) is 0. The summed E-state index contributed by atoms with van der Waals surface area (Å²) >= 11 is 0. The molecule has 1 aliphatic carbocycles. The maximum atomic E-state index is 13.2. The van der Waals surface area contributed by atoms with Crippen molar-refractivity contribution in [2.24, 2.45) is 11.3 Å². The lowest BCUT2D eigenvalue weighted by Gasteiger charge is -2.34. The molecule has 0 aromatic heterocycles. The van der Waals surface area contributed by atoms with E-state index in [0.29, 0.717) is 36.2 Å². The van der Waals surface area contributed by atoms with Gasteiger partial charge in [0.25, 0.3) is 0 Å². The van der Waals surface area contributed by atoms with Gasteiger partial charge in [0, 0.05) is 23.3 Å². The van der Waals surface area contributed by atoms with Crippen LogP contribution < -0.4 is 20.1 Å². The summed E-state index contributed by atoms with van der Waals surface area (Å²) in [5.74, 6) is 0.629. The summed E-state index contributed by atoms with van der Waals surface area (Å²) in [5, 5.41) is 5.88. The zero-order chi connectivity index (χ0) is 27.3. The first-order valence-electron chi connectivity index (χ1n) is 13.3. The van der Waals surface area contributed by atoms with Crippen LogP contribution in [0.1, 0.15) is 58.4 Å². The summed E-state index contributed by atoms with van der Waals surface area (Å²) in [6.45, 7) is 4.34. The number of hydrogen-bond acceptors (Lipinski definition) is 5. The molecular formula is C29H37F2N3O4. The van der Waals surface area contributed by atoms with Crippen molar-refractivity contribution in [1.82, 2.24) is 4.90 Å². The van der Waals surface area contributed by atoms with Crippen LogP contribution in [0, 0.1) is 11.3 Å². The van der Waals surface area contributed by atoms with Gasteiger partial charge < -0.3 is 20.1 Å². The van der Waals surface area contributed by atoms with E-state index < -0.39 is 12.0 Å². The first-order chi connectivity index (χ1) is 18.1. The second-order valence-electron chi connectivity index (χ2n) is 11.2. The van der Waals surface area contributed by atoms with E-state index in [0.717, 1.165) is 44.2 Å². The van der Waals surface area contributed by atoms with Crippen molar-refractivity contribution in [2.75, 3.05) is 23.8 Å². The maximum absolute atomic E-state index is 13.2. The molecule has 2 fully saturated rings. The first kappa shape index (κ1) is 27.8. The second-order valence-corrected chi connectivity index (χ2v) is 11.2. The zero-order valence-electron chi connectivity index (χ0n) is 22.3. The highest BCUT2D eigenvalue weighted by atomic mass is 19.3. The van der Waals surface area contributed by atoms with Crippen LogP contribution in [0.3, 0.4) is 0 Å². The van der Waals surface area contributed by atoms with Crippen molar-refractivity contribution in [3.8, 4) is 11.5 Å². The smallest absolute Gasteiger partial charge is 0.387 e. The number of likely N-dealkylation sites (tertiary alicyclic amines) is 1. The van der Waals surface area contributed by atoms with Gasteiger partial charge in [-0.1, -0.05) is 33.3 Å². The quantitative estimate of drug-likeness (QED) is 0.391. The topological polar surface area (TPSA) is 79.9 Å². The van der Waals surface area contributed by atoms with Gasteiger partial charge in [-0.25, -0.2) is 0 Å². The number of alkyl halides is 2. The number of carbonyl (C=O) groups excluding carboxylic acids is 2. The van der Waals surface area contributed by atoms with Gasteiger partial charge in [0.15, 0.2) is 11.5 Å². The molecule has 1 saturated heterocycles. The largest absolute Gasteiger partial charge is 0.489 e. The van der Waals surface area contributed by atoms with Crippen molar-refractivity contribution in [3.05, 3.63) is 48.0 Å². The van der Waals surface area contributed by atoms with Crippen LogP contribution in [0.25, 0.3) is 0 Å². The Balaban J connectivity index is 1.40. The molecule has 0 spiro atoms. The third-order valence-electron chi connectivity index (χ3n) is 6.79. The zero-order valence-corrected chi connectivity index (χ0v) is 22.3. The number of benzene rings is 2. The minimum atomic E-state index is -2.93. The number of rotatable bonds is 10. The summed E-state index contributed by atoms with van der Waals surface area (Å²) < 4.78 is 36.2. The van der Waals surface area contributed by atoms with Gasteiger partial charge in [-0.3, -0.25) is 14.5 Å². The van der Waals surface area contributed by atoms with E-state index in [1.165, 1.54) is 6.07 Å². The highest BCUT2D eigenvalue weighted by molar-refractivity contribution is 5.96. The molecule has 2 aliphatic rings. The molecule has 1 heterocycles. The Morgan fingerprint density at radius 3 is 2.29 bits per heavy atom. The lowest BCUT2D eigenvalue weighted by molar-refractivity contribution is -0.123. The molecule has 1 unspecified atom stereocenters. The molecule has 206 valence electrons. The molecule has 2 amide bonds. The lowest BCUT2D eigenvalue weighted by Crippen LogP contribution is -2.46. The number of amides is 2. The van der Waals surface area contributed by atoms with Crippen LogP contribution in [0.4, 0.5) is 20.2 Å². The Bertz CT molecular complexity index is 1110. The average molecular weight is 530 g/mol. The summed E-state index contributed by atoms with van der Waals surface area (Å²) in [6, 6.07) is 11.8. The maximum Gasteiger partial charge on any atom is 0.387 e. The van der Waals surface area contributed by atoms with E-state index >= 15 is 0 Å². The first-order valence-corrected chi connectivity index (χ1v) is 13.3. The number of anilines is 2. The monoisotopic (exact) mass is 529 g/mol. The van der Waals surface area contributed by atoms with E-state index in [4.69, 9.17) is 4.74 Å². The fourth-order valence-electron chi connectivity index (χ4n) is 4.34. The molecule has 4 rings (SSSR count). The number of halogens is 2. The average Bonchev–Trinajstić information content (AvgIpc) is 3.69. The fourth-order valence-corrected chi connectivity index (χ4v) is 4.34. The molecule has 1 saturated carbocycles. The highest BCUT2D eigenvalue weighted by Gasteiger charge is 2.29. The van der Waals surface area contributed by atoms with Crippen molar-refractivity contribution < 1.29 is 27.8 Å². The molecule has 2 aromatic rings. The second kappa shape index (κ2) is 12.1. The number of ether oxygens (including phenoxy) is 2. The molecule has 2 N–H and O–H groups in total. The highest BCUT2D eigenvalue weighted by Crippen LogP contribution is 2.35. The van der Waals surface area contributed by atoms with Gasteiger partial charge in [-0.05, 0) is 80.1 Å². The predicted octanol–water partition coefficient (Wildman–Crippen LogP) is 6.05. The molecule has 2 aromatic carbocycles. The van der Waals surface area contributed by atoms with Crippen LogP contribution in [-0.4, -0.2) is 42.5 Å². The molecule has 0 bridgehead atoms. The Morgan fingerprint density at radius 1 is 0.974 bits per heavy atom. The number of piperidine rings is 1. The van der Waals surface area contributed by atoms with E-state index in [1.54, 1.807) is 36.4 Å². The Labute approximate surface area is 222 Å². The van der Waals surface area contributed by atoms with Crippen molar-refractivity contribution in [1.29, 1.82) is 0 Å².